The molecule has 0 bridgehead atoms. The Bertz CT molecular complexity index is 1280. The normalized spacial score (nSPS) is 11.0. The van der Waals surface area contributed by atoms with Gasteiger partial charge in [0.15, 0.2) is 0 Å². The molecule has 0 heterocycles. The number of hydrogen-bond donors (Lipinski definition) is 3. The predicted molar refractivity (Wildman–Crippen MR) is 164 cm³/mol. The zero-order valence-electron chi connectivity index (χ0n) is 22.4. The minimum absolute atomic E-state index is 0.200. The van der Waals surface area contributed by atoms with Crippen LogP contribution in [-0.4, -0.2) is 20.3 Å². The number of anilines is 2. The van der Waals surface area contributed by atoms with Crippen LogP contribution in [0, 0.1) is 12.7 Å². The summed E-state index contributed by atoms with van der Waals surface area (Å²) in [7, 11) is 3.75. The molecule has 0 radical (unpaired) electrons. The number of nitrogens with zero attached hydrogens (tertiary/aromatic N) is 1. The van der Waals surface area contributed by atoms with Crippen LogP contribution in [0.3, 0.4) is 0 Å². The number of benzene rings is 4. The number of rotatable bonds is 6. The summed E-state index contributed by atoms with van der Waals surface area (Å²) in [5.41, 5.74) is 12.7. The van der Waals surface area contributed by atoms with Crippen molar-refractivity contribution in [3.8, 4) is 0 Å². The first kappa shape index (κ1) is 30.3. The van der Waals surface area contributed by atoms with Crippen molar-refractivity contribution in [3.05, 3.63) is 131 Å². The van der Waals surface area contributed by atoms with Gasteiger partial charge in [0.2, 0.25) is 0 Å². The molecular formula is C32H36ClFN4. The standard InChI is InChI=1S/C18H21N3.C7H7Cl.C7H8FN/c1-4-14-7-10-17(19)18(11-14)21-12-15-5-8-16(9-6-15)13(2)20-3;1-6-4-2-3-5-7(6)8;1-9-7-4-2-6(8)3-5-7/h4-13,20H,1,19H2,2-3H3;2-5H,1H3;2-5,9H,1H3. The van der Waals surface area contributed by atoms with Gasteiger partial charge >= 0.3 is 0 Å². The minimum Gasteiger partial charge on any atom is -0.397 e. The quantitative estimate of drug-likeness (QED) is 0.173. The summed E-state index contributed by atoms with van der Waals surface area (Å²) in [6.07, 6.45) is 3.61. The number of aryl methyl sites for hydroxylation is 1. The molecule has 0 aliphatic heterocycles. The second-order valence-electron chi connectivity index (χ2n) is 8.46. The highest BCUT2D eigenvalue weighted by atomic mass is 35.5. The van der Waals surface area contributed by atoms with Crippen LogP contribution in [-0.2, 0) is 0 Å². The summed E-state index contributed by atoms with van der Waals surface area (Å²) in [5.74, 6) is -0.200. The number of halogens is 2. The number of nitrogens with one attached hydrogen (secondary N) is 2. The monoisotopic (exact) mass is 530 g/mol. The maximum atomic E-state index is 12.2. The van der Waals surface area contributed by atoms with Crippen LogP contribution in [0.1, 0.15) is 35.2 Å². The summed E-state index contributed by atoms with van der Waals surface area (Å²) in [4.78, 5) is 4.47. The molecule has 4 aromatic rings. The molecule has 0 aliphatic carbocycles. The molecule has 198 valence electrons. The molecule has 0 fully saturated rings. The first-order chi connectivity index (χ1) is 18.3. The van der Waals surface area contributed by atoms with Crippen molar-refractivity contribution in [2.45, 2.75) is 19.9 Å². The lowest BCUT2D eigenvalue weighted by atomic mass is 10.1. The molecule has 1 atom stereocenters. The van der Waals surface area contributed by atoms with Gasteiger partial charge in [-0.1, -0.05) is 72.8 Å². The number of aliphatic imine (C=N–C) groups is 1. The van der Waals surface area contributed by atoms with Crippen molar-refractivity contribution in [1.29, 1.82) is 0 Å². The molecule has 0 saturated carbocycles. The van der Waals surface area contributed by atoms with E-state index >= 15 is 0 Å². The van der Waals surface area contributed by atoms with Gasteiger partial charge in [0.05, 0.1) is 11.4 Å². The van der Waals surface area contributed by atoms with Gasteiger partial charge in [-0.05, 0) is 85.6 Å². The molecule has 4 aromatic carbocycles. The van der Waals surface area contributed by atoms with E-state index in [-0.39, 0.29) is 5.82 Å². The van der Waals surface area contributed by atoms with Gasteiger partial charge in [-0.25, -0.2) is 4.39 Å². The Labute approximate surface area is 231 Å². The third-order valence-corrected chi connectivity index (χ3v) is 6.15. The van der Waals surface area contributed by atoms with Crippen LogP contribution < -0.4 is 16.4 Å². The molecular weight excluding hydrogens is 495 g/mol. The summed E-state index contributed by atoms with van der Waals surface area (Å²) in [5, 5.41) is 6.95. The van der Waals surface area contributed by atoms with E-state index in [1.165, 1.54) is 17.7 Å². The third-order valence-electron chi connectivity index (χ3n) is 5.72. The molecule has 0 aromatic heterocycles. The molecule has 6 heteroatoms. The van der Waals surface area contributed by atoms with Crippen molar-refractivity contribution in [2.24, 2.45) is 4.99 Å². The zero-order chi connectivity index (χ0) is 27.9. The largest absolute Gasteiger partial charge is 0.397 e. The van der Waals surface area contributed by atoms with Gasteiger partial charge in [0.25, 0.3) is 0 Å². The summed E-state index contributed by atoms with van der Waals surface area (Å²) in [6.45, 7) is 7.87. The molecule has 4 nitrogen and oxygen atoms in total. The van der Waals surface area contributed by atoms with E-state index in [4.69, 9.17) is 17.3 Å². The van der Waals surface area contributed by atoms with Gasteiger partial charge < -0.3 is 16.4 Å². The van der Waals surface area contributed by atoms with Crippen LogP contribution in [0.4, 0.5) is 21.5 Å². The van der Waals surface area contributed by atoms with Gasteiger partial charge in [-0.3, -0.25) is 4.99 Å². The number of hydrogen-bond acceptors (Lipinski definition) is 4. The smallest absolute Gasteiger partial charge is 0.123 e. The van der Waals surface area contributed by atoms with Crippen LogP contribution in [0.5, 0.6) is 0 Å². The molecule has 38 heavy (non-hydrogen) atoms. The van der Waals surface area contributed by atoms with E-state index in [1.807, 2.05) is 62.7 Å². The highest BCUT2D eigenvalue weighted by Crippen LogP contribution is 2.24. The molecule has 4 rings (SSSR count). The maximum Gasteiger partial charge on any atom is 0.123 e. The van der Waals surface area contributed by atoms with Crippen LogP contribution in [0.25, 0.3) is 6.08 Å². The third kappa shape index (κ3) is 10.2. The van der Waals surface area contributed by atoms with Crippen LogP contribution >= 0.6 is 11.6 Å². The number of nitrogen functional groups attached to an aromatic ring is 1. The van der Waals surface area contributed by atoms with Gasteiger partial charge in [0, 0.05) is 30.0 Å². The van der Waals surface area contributed by atoms with Crippen LogP contribution in [0.2, 0.25) is 5.02 Å². The topological polar surface area (TPSA) is 62.4 Å². The van der Waals surface area contributed by atoms with E-state index in [1.54, 1.807) is 25.3 Å². The van der Waals surface area contributed by atoms with Gasteiger partial charge in [-0.15, -0.1) is 0 Å². The molecule has 1 unspecified atom stereocenters. The van der Waals surface area contributed by atoms with Crippen molar-refractivity contribution >= 4 is 41.0 Å². The minimum atomic E-state index is -0.200. The fourth-order valence-electron chi connectivity index (χ4n) is 3.15. The molecule has 0 aliphatic rings. The predicted octanol–water partition coefficient (Wildman–Crippen LogP) is 8.46. The SMILES string of the molecule is C=Cc1ccc(N)c(N=Cc2ccc(C(C)NC)cc2)c1.CNc1ccc(F)cc1.Cc1ccccc1Cl. The van der Waals surface area contributed by atoms with E-state index in [0.717, 1.165) is 33.1 Å². The zero-order valence-corrected chi connectivity index (χ0v) is 23.1. The Balaban J connectivity index is 0.000000243. The van der Waals surface area contributed by atoms with E-state index in [2.05, 4.69) is 53.4 Å². The van der Waals surface area contributed by atoms with E-state index < -0.39 is 0 Å². The van der Waals surface area contributed by atoms with E-state index in [9.17, 15) is 4.39 Å². The molecule has 4 N–H and O–H groups in total. The summed E-state index contributed by atoms with van der Waals surface area (Å²) in [6, 6.07) is 28.4. The van der Waals surface area contributed by atoms with Crippen molar-refractivity contribution in [2.75, 3.05) is 25.1 Å². The fourth-order valence-corrected chi connectivity index (χ4v) is 3.28. The second kappa shape index (κ2) is 16.0. The average molecular weight is 531 g/mol. The Morgan fingerprint density at radius 1 is 0.921 bits per heavy atom. The highest BCUT2D eigenvalue weighted by molar-refractivity contribution is 6.31. The van der Waals surface area contributed by atoms with Gasteiger partial charge in [0.1, 0.15) is 5.82 Å². The Kier molecular flexibility index (Phi) is 12.8. The first-order valence-electron chi connectivity index (χ1n) is 12.2. The second-order valence-corrected chi connectivity index (χ2v) is 8.87. The summed E-state index contributed by atoms with van der Waals surface area (Å²) >= 11 is 5.71. The summed E-state index contributed by atoms with van der Waals surface area (Å²) < 4.78 is 12.2. The molecule has 0 spiro atoms. The van der Waals surface area contributed by atoms with E-state index in [0.29, 0.717) is 11.7 Å². The first-order valence-corrected chi connectivity index (χ1v) is 12.6. The molecule has 0 saturated heterocycles. The average Bonchev–Trinajstić information content (AvgIpc) is 2.95. The van der Waals surface area contributed by atoms with Crippen LogP contribution in [0.15, 0.2) is 103 Å². The lowest BCUT2D eigenvalue weighted by Gasteiger charge is -2.10. The van der Waals surface area contributed by atoms with Gasteiger partial charge in [-0.2, -0.15) is 0 Å². The lowest BCUT2D eigenvalue weighted by Crippen LogP contribution is -2.11. The highest BCUT2D eigenvalue weighted by Gasteiger charge is 2.01. The van der Waals surface area contributed by atoms with Crippen molar-refractivity contribution in [1.82, 2.24) is 5.32 Å². The molecule has 0 amide bonds. The number of nitrogens with two attached hydrogens (primary N) is 1. The maximum absolute atomic E-state index is 12.2. The van der Waals surface area contributed by atoms with Crippen molar-refractivity contribution < 1.29 is 4.39 Å². The lowest BCUT2D eigenvalue weighted by molar-refractivity contribution is 0.628. The Morgan fingerprint density at radius 3 is 2.08 bits per heavy atom. The fraction of sp³-hybridized carbons (Fsp3) is 0.156. The van der Waals surface area contributed by atoms with Crippen molar-refractivity contribution in [3.63, 3.8) is 0 Å². The Hall–Kier alpha value is -3.93. The Morgan fingerprint density at radius 2 is 1.55 bits per heavy atom.